The first kappa shape index (κ1) is 13.9. The number of hydrogen-bond donors (Lipinski definition) is 1. The van der Waals surface area contributed by atoms with Gasteiger partial charge in [-0.1, -0.05) is 12.1 Å². The normalized spacial score (nSPS) is 18.3. The van der Waals surface area contributed by atoms with Gasteiger partial charge in [-0.2, -0.15) is 0 Å². The third-order valence-corrected chi connectivity index (χ3v) is 3.23. The maximum Gasteiger partial charge on any atom is 0.162 e. The summed E-state index contributed by atoms with van der Waals surface area (Å²) < 4.78 is 11.7. The van der Waals surface area contributed by atoms with Crippen molar-refractivity contribution < 1.29 is 9.47 Å². The van der Waals surface area contributed by atoms with Crippen LogP contribution in [-0.4, -0.2) is 19.3 Å². The van der Waals surface area contributed by atoms with Crippen molar-refractivity contribution in [3.63, 3.8) is 0 Å². The molecule has 1 atom stereocenters. The fraction of sp³-hybridized carbons (Fsp3) is 0.500. The molecule has 104 valence electrons. The molecule has 0 amide bonds. The summed E-state index contributed by atoms with van der Waals surface area (Å²) in [7, 11) is 0. The van der Waals surface area contributed by atoms with Gasteiger partial charge >= 0.3 is 0 Å². The van der Waals surface area contributed by atoms with Gasteiger partial charge in [0.1, 0.15) is 6.10 Å². The van der Waals surface area contributed by atoms with Crippen molar-refractivity contribution in [1.82, 2.24) is 0 Å². The summed E-state index contributed by atoms with van der Waals surface area (Å²) in [6, 6.07) is 6.11. The van der Waals surface area contributed by atoms with Crippen LogP contribution in [0.5, 0.6) is 11.5 Å². The van der Waals surface area contributed by atoms with Crippen LogP contribution in [0.4, 0.5) is 0 Å². The Hall–Kier alpha value is -1.48. The van der Waals surface area contributed by atoms with Crippen molar-refractivity contribution >= 4 is 0 Å². The van der Waals surface area contributed by atoms with Crippen LogP contribution in [0.2, 0.25) is 0 Å². The first-order chi connectivity index (χ1) is 9.33. The van der Waals surface area contributed by atoms with E-state index in [2.05, 4.69) is 18.2 Å². The minimum Gasteiger partial charge on any atom is -0.490 e. The van der Waals surface area contributed by atoms with E-state index >= 15 is 0 Å². The second-order valence-corrected chi connectivity index (χ2v) is 4.77. The van der Waals surface area contributed by atoms with Gasteiger partial charge in [0, 0.05) is 0 Å². The minimum atomic E-state index is 0.174. The van der Waals surface area contributed by atoms with Crippen LogP contribution in [0.3, 0.4) is 0 Å². The zero-order valence-corrected chi connectivity index (χ0v) is 11.6. The Bertz CT molecular complexity index is 429. The van der Waals surface area contributed by atoms with Crippen LogP contribution in [0.1, 0.15) is 31.7 Å². The smallest absolute Gasteiger partial charge is 0.162 e. The molecule has 0 fully saturated rings. The molecule has 0 radical (unpaired) electrons. The summed E-state index contributed by atoms with van der Waals surface area (Å²) in [4.78, 5) is 0. The average molecular weight is 261 g/mol. The van der Waals surface area contributed by atoms with Gasteiger partial charge in [-0.25, -0.2) is 0 Å². The lowest BCUT2D eigenvalue weighted by atomic mass is 10.1. The molecule has 1 aromatic carbocycles. The lowest BCUT2D eigenvalue weighted by Crippen LogP contribution is -2.16. The molecule has 3 nitrogen and oxygen atoms in total. The van der Waals surface area contributed by atoms with Crippen molar-refractivity contribution in [2.24, 2.45) is 5.73 Å². The van der Waals surface area contributed by atoms with E-state index in [1.807, 2.05) is 19.1 Å². The molecule has 2 rings (SSSR count). The highest BCUT2D eigenvalue weighted by Crippen LogP contribution is 2.31. The highest BCUT2D eigenvalue weighted by Gasteiger charge is 2.13. The predicted molar refractivity (Wildman–Crippen MR) is 77.8 cm³/mol. The van der Waals surface area contributed by atoms with Crippen LogP contribution in [0.15, 0.2) is 30.4 Å². The monoisotopic (exact) mass is 261 g/mol. The molecule has 0 saturated carbocycles. The van der Waals surface area contributed by atoms with E-state index in [1.54, 1.807) is 0 Å². The second kappa shape index (κ2) is 7.19. The molecule has 1 aliphatic carbocycles. The van der Waals surface area contributed by atoms with Gasteiger partial charge < -0.3 is 15.2 Å². The third-order valence-electron chi connectivity index (χ3n) is 3.23. The average Bonchev–Trinajstić information content (AvgIpc) is 2.43. The van der Waals surface area contributed by atoms with E-state index in [4.69, 9.17) is 15.2 Å². The lowest BCUT2D eigenvalue weighted by molar-refractivity contribution is 0.214. The summed E-state index contributed by atoms with van der Waals surface area (Å²) in [6.45, 7) is 3.28. The topological polar surface area (TPSA) is 44.5 Å². The van der Waals surface area contributed by atoms with Crippen LogP contribution >= 0.6 is 0 Å². The number of rotatable bonds is 6. The first-order valence-electron chi connectivity index (χ1n) is 7.12. The van der Waals surface area contributed by atoms with E-state index in [0.29, 0.717) is 13.2 Å². The quantitative estimate of drug-likeness (QED) is 0.800. The minimum absolute atomic E-state index is 0.174. The molecular formula is C16H23NO2. The Morgan fingerprint density at radius 3 is 2.89 bits per heavy atom. The zero-order chi connectivity index (χ0) is 13.5. The number of ether oxygens (including phenoxy) is 2. The Morgan fingerprint density at radius 1 is 1.32 bits per heavy atom. The number of benzene rings is 1. The predicted octanol–water partition coefficient (Wildman–Crippen LogP) is 3.07. The summed E-state index contributed by atoms with van der Waals surface area (Å²) in [6.07, 6.45) is 8.80. The van der Waals surface area contributed by atoms with Crippen molar-refractivity contribution in [1.29, 1.82) is 0 Å². The van der Waals surface area contributed by atoms with Crippen molar-refractivity contribution in [3.8, 4) is 11.5 Å². The molecule has 0 aliphatic heterocycles. The molecular weight excluding hydrogens is 238 g/mol. The number of allylic oxidation sites excluding steroid dienone is 1. The van der Waals surface area contributed by atoms with Crippen LogP contribution < -0.4 is 15.2 Å². The second-order valence-electron chi connectivity index (χ2n) is 4.77. The number of nitrogens with two attached hydrogens (primary N) is 1. The molecule has 1 aliphatic rings. The van der Waals surface area contributed by atoms with Crippen molar-refractivity contribution in [2.75, 3.05) is 13.2 Å². The van der Waals surface area contributed by atoms with E-state index in [-0.39, 0.29) is 6.10 Å². The molecule has 0 saturated heterocycles. The zero-order valence-electron chi connectivity index (χ0n) is 11.6. The Kier molecular flexibility index (Phi) is 5.28. The van der Waals surface area contributed by atoms with E-state index < -0.39 is 0 Å². The Balaban J connectivity index is 2.13. The maximum absolute atomic E-state index is 6.03. The van der Waals surface area contributed by atoms with Gasteiger partial charge in [-0.3, -0.25) is 0 Å². The SMILES string of the molecule is CCOc1cc(CCN)ccc1OC1C=CCCC1. The maximum atomic E-state index is 6.03. The summed E-state index contributed by atoms with van der Waals surface area (Å²) in [5.74, 6) is 1.66. The van der Waals surface area contributed by atoms with Crippen LogP contribution in [0.25, 0.3) is 0 Å². The molecule has 19 heavy (non-hydrogen) atoms. The van der Waals surface area contributed by atoms with E-state index in [0.717, 1.165) is 30.8 Å². The summed E-state index contributed by atoms with van der Waals surface area (Å²) in [5, 5.41) is 0. The van der Waals surface area contributed by atoms with Crippen molar-refractivity contribution in [2.45, 2.75) is 38.7 Å². The molecule has 3 heteroatoms. The van der Waals surface area contributed by atoms with Crippen molar-refractivity contribution in [3.05, 3.63) is 35.9 Å². The molecule has 1 aromatic rings. The standard InChI is InChI=1S/C16H23NO2/c1-2-18-16-12-13(10-11-17)8-9-15(16)19-14-6-4-3-5-7-14/h4,6,8-9,12,14H,2-3,5,7,10-11,17H2,1H3. The first-order valence-corrected chi connectivity index (χ1v) is 7.12. The molecule has 2 N–H and O–H groups in total. The van der Waals surface area contributed by atoms with Crippen LogP contribution in [-0.2, 0) is 6.42 Å². The molecule has 0 spiro atoms. The van der Waals surface area contributed by atoms with Crippen LogP contribution in [0, 0.1) is 0 Å². The van der Waals surface area contributed by atoms with Gasteiger partial charge in [-0.05, 0) is 62.9 Å². The number of hydrogen-bond acceptors (Lipinski definition) is 3. The molecule has 0 bridgehead atoms. The Morgan fingerprint density at radius 2 is 2.21 bits per heavy atom. The molecule has 1 unspecified atom stereocenters. The fourth-order valence-corrected chi connectivity index (χ4v) is 2.28. The van der Waals surface area contributed by atoms with E-state index in [1.165, 1.54) is 12.0 Å². The largest absolute Gasteiger partial charge is 0.490 e. The Labute approximate surface area is 115 Å². The van der Waals surface area contributed by atoms with E-state index in [9.17, 15) is 0 Å². The highest BCUT2D eigenvalue weighted by atomic mass is 16.5. The van der Waals surface area contributed by atoms with Gasteiger partial charge in [-0.15, -0.1) is 0 Å². The molecule has 0 aromatic heterocycles. The highest BCUT2D eigenvalue weighted by molar-refractivity contribution is 5.43. The van der Waals surface area contributed by atoms with Gasteiger partial charge in [0.15, 0.2) is 11.5 Å². The lowest BCUT2D eigenvalue weighted by Gasteiger charge is -2.20. The summed E-state index contributed by atoms with van der Waals surface area (Å²) >= 11 is 0. The van der Waals surface area contributed by atoms with Gasteiger partial charge in [0.05, 0.1) is 6.61 Å². The van der Waals surface area contributed by atoms with Gasteiger partial charge in [0.25, 0.3) is 0 Å². The van der Waals surface area contributed by atoms with Gasteiger partial charge in [0.2, 0.25) is 0 Å². The fourth-order valence-electron chi connectivity index (χ4n) is 2.28. The summed E-state index contributed by atoms with van der Waals surface area (Å²) in [5.41, 5.74) is 6.78. The molecule has 0 heterocycles. The third kappa shape index (κ3) is 4.00.